The highest BCUT2D eigenvalue weighted by atomic mass is 32.3. The van der Waals surface area contributed by atoms with Crippen LogP contribution in [0.5, 0.6) is 0 Å². The molecule has 0 saturated heterocycles. The molecule has 0 saturated carbocycles. The minimum absolute atomic E-state index is 0. The van der Waals surface area contributed by atoms with Gasteiger partial charge in [-0.15, -0.1) is 0 Å². The standard InChI is InChI=1S/2H4N2.H2O4S.H2O.O/c2*1-2;1-5(2,3)4;;/h2*1-2H2;(H2,1,2,3,4);1H2;. The first-order valence-electron chi connectivity index (χ1n) is 1.37. The van der Waals surface area contributed by atoms with Crippen LogP contribution in [0, 0.1) is 0 Å². The summed E-state index contributed by atoms with van der Waals surface area (Å²) in [5.74, 6) is 16.0. The van der Waals surface area contributed by atoms with Crippen LogP contribution in [-0.4, -0.2) is 23.0 Å². The Morgan fingerprint density at radius 3 is 0.909 bits per heavy atom. The van der Waals surface area contributed by atoms with Crippen LogP contribution < -0.4 is 23.4 Å². The highest BCUT2D eigenvalue weighted by molar-refractivity contribution is 7.79. The summed E-state index contributed by atoms with van der Waals surface area (Å²) in [6.07, 6.45) is 0. The number of hydrogen-bond donors (Lipinski definition) is 6. The highest BCUT2D eigenvalue weighted by Crippen LogP contribution is 1.59. The Labute approximate surface area is 63.3 Å². The molecular formula is H12N4O6S. The molecule has 0 rings (SSSR count). The lowest BCUT2D eigenvalue weighted by molar-refractivity contribution is 0.381. The van der Waals surface area contributed by atoms with Crippen molar-refractivity contribution < 1.29 is 28.5 Å². The van der Waals surface area contributed by atoms with Crippen molar-refractivity contribution in [2.24, 2.45) is 23.4 Å². The van der Waals surface area contributed by atoms with E-state index in [9.17, 15) is 0 Å². The maximum absolute atomic E-state index is 8.74. The van der Waals surface area contributed by atoms with E-state index in [-0.39, 0.29) is 11.0 Å². The first kappa shape index (κ1) is 31.1. The Bertz CT molecular complexity index is 97.8. The zero-order chi connectivity index (χ0) is 8.50. The van der Waals surface area contributed by atoms with Gasteiger partial charge in [-0.1, -0.05) is 0 Å². The van der Waals surface area contributed by atoms with E-state index in [0.717, 1.165) is 0 Å². The molecule has 0 unspecified atom stereocenters. The van der Waals surface area contributed by atoms with Crippen LogP contribution in [0.1, 0.15) is 0 Å². The van der Waals surface area contributed by atoms with Gasteiger partial charge in [0.1, 0.15) is 0 Å². The van der Waals surface area contributed by atoms with E-state index in [4.69, 9.17) is 17.5 Å². The van der Waals surface area contributed by atoms with Crippen LogP contribution in [0.4, 0.5) is 0 Å². The molecule has 0 spiro atoms. The molecule has 12 N–H and O–H groups in total. The maximum Gasteiger partial charge on any atom is 0.394 e. The molecule has 0 aliphatic carbocycles. The van der Waals surface area contributed by atoms with E-state index in [1.165, 1.54) is 0 Å². The zero-order valence-electron chi connectivity index (χ0n) is 5.34. The second-order valence-corrected chi connectivity index (χ2v) is 1.34. The summed E-state index contributed by atoms with van der Waals surface area (Å²) in [4.78, 5) is 0. The quantitative estimate of drug-likeness (QED) is 0.126. The Balaban J connectivity index is -0.0000000178. The summed E-state index contributed by atoms with van der Waals surface area (Å²) in [7, 11) is -4.67. The molecule has 2 radical (unpaired) electrons. The van der Waals surface area contributed by atoms with Gasteiger partial charge in [-0.2, -0.15) is 8.42 Å². The van der Waals surface area contributed by atoms with Gasteiger partial charge in [0.25, 0.3) is 0 Å². The van der Waals surface area contributed by atoms with Gasteiger partial charge >= 0.3 is 10.4 Å². The molecule has 0 aliphatic heterocycles. The lowest BCUT2D eigenvalue weighted by Crippen LogP contribution is -2.02. The van der Waals surface area contributed by atoms with Crippen molar-refractivity contribution in [3.8, 4) is 0 Å². The van der Waals surface area contributed by atoms with Gasteiger partial charge in [-0.05, 0) is 0 Å². The normalized spacial score (nSPS) is 6.36. The highest BCUT2D eigenvalue weighted by Gasteiger charge is 1.84. The smallest absolute Gasteiger partial charge is 0.394 e. The second kappa shape index (κ2) is 22.6. The summed E-state index contributed by atoms with van der Waals surface area (Å²) in [6, 6.07) is 0. The Morgan fingerprint density at radius 1 is 0.909 bits per heavy atom. The fourth-order valence-corrected chi connectivity index (χ4v) is 0. The zero-order valence-corrected chi connectivity index (χ0v) is 6.15. The number of nitrogens with two attached hydrogens (primary N) is 4. The lowest BCUT2D eigenvalue weighted by Gasteiger charge is -1.68. The van der Waals surface area contributed by atoms with Crippen LogP contribution in [-0.2, 0) is 15.9 Å². The molecule has 0 aromatic rings. The Hall–Kier alpha value is -0.370. The molecule has 0 bridgehead atoms. The monoisotopic (exact) mass is 196 g/mol. The Kier molecular flexibility index (Phi) is 64.0. The average molecular weight is 196 g/mol. The van der Waals surface area contributed by atoms with E-state index < -0.39 is 10.4 Å². The third-order valence-electron chi connectivity index (χ3n) is 0. The number of hydrazine groups is 2. The molecule has 0 aliphatic rings. The van der Waals surface area contributed by atoms with Gasteiger partial charge < -0.3 is 5.48 Å². The van der Waals surface area contributed by atoms with Crippen LogP contribution in [0.25, 0.3) is 0 Å². The molecule has 10 nitrogen and oxygen atoms in total. The summed E-state index contributed by atoms with van der Waals surface area (Å²) in [6.45, 7) is 0. The molecule has 11 heteroatoms. The molecule has 74 valence electrons. The molecule has 0 aromatic carbocycles. The van der Waals surface area contributed by atoms with Gasteiger partial charge in [-0.25, -0.2) is 0 Å². The van der Waals surface area contributed by atoms with Crippen molar-refractivity contribution in [1.82, 2.24) is 0 Å². The Morgan fingerprint density at radius 2 is 0.909 bits per heavy atom. The summed E-state index contributed by atoms with van der Waals surface area (Å²) < 4.78 is 31.6. The SMILES string of the molecule is NN.NN.O.O=S(=O)(O)O.[O]. The van der Waals surface area contributed by atoms with Crippen molar-refractivity contribution in [3.05, 3.63) is 0 Å². The van der Waals surface area contributed by atoms with Crippen LogP contribution in [0.15, 0.2) is 0 Å². The first-order valence-corrected chi connectivity index (χ1v) is 2.76. The minimum Gasteiger partial charge on any atom is -0.412 e. The second-order valence-electron chi connectivity index (χ2n) is 0.448. The van der Waals surface area contributed by atoms with Gasteiger partial charge in [0.15, 0.2) is 0 Å². The van der Waals surface area contributed by atoms with Crippen LogP contribution >= 0.6 is 0 Å². The van der Waals surface area contributed by atoms with Crippen molar-refractivity contribution in [2.45, 2.75) is 0 Å². The van der Waals surface area contributed by atoms with Crippen molar-refractivity contribution in [1.29, 1.82) is 0 Å². The molecule has 0 heterocycles. The van der Waals surface area contributed by atoms with Gasteiger partial charge in [0.2, 0.25) is 0 Å². The van der Waals surface area contributed by atoms with E-state index in [2.05, 4.69) is 23.4 Å². The van der Waals surface area contributed by atoms with Crippen molar-refractivity contribution in [2.75, 3.05) is 0 Å². The molecule has 0 atom stereocenters. The predicted molar refractivity (Wildman–Crippen MR) is 35.2 cm³/mol. The van der Waals surface area contributed by atoms with Gasteiger partial charge in [0, 0.05) is 5.48 Å². The van der Waals surface area contributed by atoms with Crippen LogP contribution in [0.3, 0.4) is 0 Å². The summed E-state index contributed by atoms with van der Waals surface area (Å²) >= 11 is 0. The van der Waals surface area contributed by atoms with E-state index >= 15 is 0 Å². The third-order valence-corrected chi connectivity index (χ3v) is 0. The molecular weight excluding hydrogens is 184 g/mol. The summed E-state index contributed by atoms with van der Waals surface area (Å²) in [5.41, 5.74) is 0. The lowest BCUT2D eigenvalue weighted by atomic mass is 13.0. The molecule has 11 heavy (non-hydrogen) atoms. The number of hydrogen-bond acceptors (Lipinski definition) is 6. The van der Waals surface area contributed by atoms with Gasteiger partial charge in [0.05, 0.1) is 0 Å². The topological polar surface area (TPSA) is 239 Å². The van der Waals surface area contributed by atoms with E-state index in [0.29, 0.717) is 0 Å². The fraction of sp³-hybridized carbons (Fsp3) is 0. The fourth-order valence-electron chi connectivity index (χ4n) is 0. The van der Waals surface area contributed by atoms with Crippen LogP contribution in [0.2, 0.25) is 0 Å². The average Bonchev–Trinajstić information content (AvgIpc) is 1.72. The predicted octanol–water partition coefficient (Wildman–Crippen LogP) is -3.96. The minimum atomic E-state index is -4.67. The van der Waals surface area contributed by atoms with Crippen molar-refractivity contribution >= 4 is 10.4 Å². The van der Waals surface area contributed by atoms with E-state index in [1.807, 2.05) is 0 Å². The number of rotatable bonds is 0. The molecule has 0 aromatic heterocycles. The first-order chi connectivity index (χ1) is 4.00. The summed E-state index contributed by atoms with van der Waals surface area (Å²) in [5, 5.41) is 0. The van der Waals surface area contributed by atoms with E-state index in [1.54, 1.807) is 0 Å². The maximum atomic E-state index is 8.74. The largest absolute Gasteiger partial charge is 0.412 e. The molecule has 0 amide bonds. The molecule has 0 fully saturated rings. The third kappa shape index (κ3) is 4100. The van der Waals surface area contributed by atoms with Crippen molar-refractivity contribution in [3.63, 3.8) is 0 Å². The van der Waals surface area contributed by atoms with Gasteiger partial charge in [-0.3, -0.25) is 32.5 Å².